The molecule has 1 rings (SSSR count). The molecule has 14 heavy (non-hydrogen) atoms. The van der Waals surface area contributed by atoms with Gasteiger partial charge in [-0.25, -0.2) is 9.97 Å². The standard InChI is InChI=1S/C8H11N3O2S/c1-13-8(12)2-3-14-7-4-6(9)10-5-11-7/h4-5H,2-3H2,1H3,(H2,9,10,11). The zero-order chi connectivity index (χ0) is 10.4. The van der Waals surface area contributed by atoms with Gasteiger partial charge in [-0.1, -0.05) is 0 Å². The Morgan fingerprint density at radius 1 is 1.64 bits per heavy atom. The number of methoxy groups -OCH3 is 1. The number of rotatable bonds is 4. The minimum atomic E-state index is -0.223. The molecule has 1 aromatic rings. The number of aromatic nitrogens is 2. The van der Waals surface area contributed by atoms with Crippen LogP contribution >= 0.6 is 11.8 Å². The molecule has 0 spiro atoms. The smallest absolute Gasteiger partial charge is 0.306 e. The molecule has 0 saturated carbocycles. The van der Waals surface area contributed by atoms with Crippen molar-refractivity contribution >= 4 is 23.5 Å². The van der Waals surface area contributed by atoms with Crippen molar-refractivity contribution in [2.75, 3.05) is 18.6 Å². The highest BCUT2D eigenvalue weighted by Crippen LogP contribution is 2.16. The summed E-state index contributed by atoms with van der Waals surface area (Å²) >= 11 is 1.45. The summed E-state index contributed by atoms with van der Waals surface area (Å²) in [6.07, 6.45) is 1.76. The number of carbonyl (C=O) groups excluding carboxylic acids is 1. The van der Waals surface area contributed by atoms with E-state index in [9.17, 15) is 4.79 Å². The van der Waals surface area contributed by atoms with Gasteiger partial charge in [0.05, 0.1) is 13.5 Å². The Hall–Kier alpha value is -1.30. The third-order valence-electron chi connectivity index (χ3n) is 1.45. The Bertz CT molecular complexity index is 319. The summed E-state index contributed by atoms with van der Waals surface area (Å²) in [6.45, 7) is 0. The van der Waals surface area contributed by atoms with E-state index in [-0.39, 0.29) is 5.97 Å². The van der Waals surface area contributed by atoms with Gasteiger partial charge in [0, 0.05) is 11.8 Å². The van der Waals surface area contributed by atoms with E-state index in [1.54, 1.807) is 6.07 Å². The highest BCUT2D eigenvalue weighted by atomic mass is 32.2. The average Bonchev–Trinajstić information content (AvgIpc) is 2.17. The Kier molecular flexibility index (Phi) is 4.18. The number of hydrogen-bond acceptors (Lipinski definition) is 6. The maximum absolute atomic E-state index is 10.8. The van der Waals surface area contributed by atoms with Crippen LogP contribution in [0.4, 0.5) is 5.82 Å². The molecular weight excluding hydrogens is 202 g/mol. The van der Waals surface area contributed by atoms with E-state index in [1.807, 2.05) is 0 Å². The third-order valence-corrected chi connectivity index (χ3v) is 2.37. The van der Waals surface area contributed by atoms with Crippen LogP contribution in [0.15, 0.2) is 17.4 Å². The number of carbonyl (C=O) groups is 1. The molecular formula is C8H11N3O2S. The lowest BCUT2D eigenvalue weighted by Gasteiger charge is -2.00. The molecule has 1 heterocycles. The fourth-order valence-corrected chi connectivity index (χ4v) is 1.58. The van der Waals surface area contributed by atoms with Crippen molar-refractivity contribution in [3.63, 3.8) is 0 Å². The molecule has 0 aliphatic rings. The van der Waals surface area contributed by atoms with Gasteiger partial charge in [0.15, 0.2) is 0 Å². The molecule has 0 bridgehead atoms. The van der Waals surface area contributed by atoms with Crippen LogP contribution in [0.5, 0.6) is 0 Å². The van der Waals surface area contributed by atoms with Crippen molar-refractivity contribution in [2.24, 2.45) is 0 Å². The first-order chi connectivity index (χ1) is 6.72. The first kappa shape index (κ1) is 10.8. The number of anilines is 1. The summed E-state index contributed by atoms with van der Waals surface area (Å²) in [5, 5.41) is 0.765. The van der Waals surface area contributed by atoms with Crippen LogP contribution in [0.1, 0.15) is 6.42 Å². The van der Waals surface area contributed by atoms with Crippen LogP contribution in [-0.2, 0) is 9.53 Å². The summed E-state index contributed by atoms with van der Waals surface area (Å²) in [5.41, 5.74) is 5.46. The number of hydrogen-bond donors (Lipinski definition) is 1. The van der Waals surface area contributed by atoms with Gasteiger partial charge in [-0.05, 0) is 0 Å². The molecule has 0 radical (unpaired) electrons. The van der Waals surface area contributed by atoms with Gasteiger partial charge in [-0.15, -0.1) is 11.8 Å². The SMILES string of the molecule is COC(=O)CCSc1cc(N)ncn1. The Balaban J connectivity index is 2.35. The number of ether oxygens (including phenoxy) is 1. The largest absolute Gasteiger partial charge is 0.469 e. The molecule has 0 unspecified atom stereocenters. The van der Waals surface area contributed by atoms with Gasteiger partial charge in [0.25, 0.3) is 0 Å². The van der Waals surface area contributed by atoms with Crippen LogP contribution < -0.4 is 5.73 Å². The van der Waals surface area contributed by atoms with E-state index < -0.39 is 0 Å². The molecule has 76 valence electrons. The van der Waals surface area contributed by atoms with Crippen LogP contribution in [0, 0.1) is 0 Å². The summed E-state index contributed by atoms with van der Waals surface area (Å²) in [4.78, 5) is 18.5. The first-order valence-corrected chi connectivity index (χ1v) is 4.98. The van der Waals surface area contributed by atoms with E-state index in [0.717, 1.165) is 5.03 Å². The molecule has 0 amide bonds. The summed E-state index contributed by atoms with van der Waals surface area (Å²) < 4.78 is 4.50. The number of nitrogens with zero attached hydrogens (tertiary/aromatic N) is 2. The van der Waals surface area contributed by atoms with Crippen molar-refractivity contribution in [2.45, 2.75) is 11.4 Å². The van der Waals surface area contributed by atoms with Crippen LogP contribution in [0.2, 0.25) is 0 Å². The van der Waals surface area contributed by atoms with Gasteiger partial charge in [0.2, 0.25) is 0 Å². The maximum atomic E-state index is 10.8. The van der Waals surface area contributed by atoms with Crippen molar-refractivity contribution in [1.29, 1.82) is 0 Å². The lowest BCUT2D eigenvalue weighted by Crippen LogP contribution is -2.01. The molecule has 0 aromatic carbocycles. The van der Waals surface area contributed by atoms with Gasteiger partial charge in [0.1, 0.15) is 17.2 Å². The average molecular weight is 213 g/mol. The van der Waals surface area contributed by atoms with Crippen molar-refractivity contribution in [3.8, 4) is 0 Å². The third kappa shape index (κ3) is 3.61. The predicted molar refractivity (Wildman–Crippen MR) is 53.8 cm³/mol. The van der Waals surface area contributed by atoms with Gasteiger partial charge >= 0.3 is 5.97 Å². The zero-order valence-electron chi connectivity index (χ0n) is 7.77. The van der Waals surface area contributed by atoms with Crippen LogP contribution in [0.3, 0.4) is 0 Å². The minimum Gasteiger partial charge on any atom is -0.469 e. The fraction of sp³-hybridized carbons (Fsp3) is 0.375. The van der Waals surface area contributed by atoms with E-state index in [2.05, 4.69) is 14.7 Å². The first-order valence-electron chi connectivity index (χ1n) is 3.99. The lowest BCUT2D eigenvalue weighted by atomic mass is 10.5. The van der Waals surface area contributed by atoms with Gasteiger partial charge in [-0.2, -0.15) is 0 Å². The van der Waals surface area contributed by atoms with Gasteiger partial charge < -0.3 is 10.5 Å². The van der Waals surface area contributed by atoms with E-state index in [0.29, 0.717) is 18.0 Å². The number of esters is 1. The number of nitrogens with two attached hydrogens (primary N) is 1. The molecule has 0 fully saturated rings. The Morgan fingerprint density at radius 3 is 3.07 bits per heavy atom. The second-order valence-corrected chi connectivity index (χ2v) is 3.57. The number of nitrogen functional groups attached to an aromatic ring is 1. The topological polar surface area (TPSA) is 78.1 Å². The van der Waals surface area contributed by atoms with E-state index >= 15 is 0 Å². The van der Waals surface area contributed by atoms with E-state index in [4.69, 9.17) is 5.73 Å². The predicted octanol–water partition coefficient (Wildman–Crippen LogP) is 0.714. The minimum absolute atomic E-state index is 0.223. The van der Waals surface area contributed by atoms with Crippen LogP contribution in [-0.4, -0.2) is 28.8 Å². The monoisotopic (exact) mass is 213 g/mol. The molecule has 0 saturated heterocycles. The van der Waals surface area contributed by atoms with Crippen molar-refractivity contribution < 1.29 is 9.53 Å². The van der Waals surface area contributed by atoms with E-state index in [1.165, 1.54) is 25.2 Å². The Morgan fingerprint density at radius 2 is 2.43 bits per heavy atom. The maximum Gasteiger partial charge on any atom is 0.306 e. The molecule has 2 N–H and O–H groups in total. The molecule has 0 atom stereocenters. The lowest BCUT2D eigenvalue weighted by molar-refractivity contribution is -0.140. The summed E-state index contributed by atoms with van der Waals surface area (Å²) in [5.74, 6) is 0.837. The number of thioether (sulfide) groups is 1. The van der Waals surface area contributed by atoms with Gasteiger partial charge in [-0.3, -0.25) is 4.79 Å². The summed E-state index contributed by atoms with van der Waals surface area (Å²) in [7, 11) is 1.37. The van der Waals surface area contributed by atoms with Crippen molar-refractivity contribution in [3.05, 3.63) is 12.4 Å². The normalized spacial score (nSPS) is 9.79. The second kappa shape index (κ2) is 5.43. The zero-order valence-corrected chi connectivity index (χ0v) is 8.58. The highest BCUT2D eigenvalue weighted by Gasteiger charge is 2.01. The quantitative estimate of drug-likeness (QED) is 0.451. The fourth-order valence-electron chi connectivity index (χ4n) is 0.773. The molecule has 0 aliphatic carbocycles. The molecule has 5 nitrogen and oxygen atoms in total. The second-order valence-electron chi connectivity index (χ2n) is 2.46. The van der Waals surface area contributed by atoms with Crippen LogP contribution in [0.25, 0.3) is 0 Å². The Labute approximate surface area is 86.1 Å². The van der Waals surface area contributed by atoms with Crippen molar-refractivity contribution in [1.82, 2.24) is 9.97 Å². The molecule has 0 aliphatic heterocycles. The summed E-state index contributed by atoms with van der Waals surface area (Å²) in [6, 6.07) is 1.67. The molecule has 6 heteroatoms. The highest BCUT2D eigenvalue weighted by molar-refractivity contribution is 7.99. The molecule has 1 aromatic heterocycles.